The second-order valence-electron chi connectivity index (χ2n) is 6.58. The lowest BCUT2D eigenvalue weighted by Crippen LogP contribution is -2.30. The Bertz CT molecular complexity index is 951. The first-order valence-electron chi connectivity index (χ1n) is 9.11. The van der Waals surface area contributed by atoms with Gasteiger partial charge >= 0.3 is 0 Å². The van der Waals surface area contributed by atoms with Gasteiger partial charge in [-0.05, 0) is 32.6 Å². The topological polar surface area (TPSA) is 46.1 Å². The first-order chi connectivity index (χ1) is 13.2. The Morgan fingerprint density at radius 3 is 2.70 bits per heavy atom. The summed E-state index contributed by atoms with van der Waals surface area (Å²) in [5.41, 5.74) is 2.96. The summed E-state index contributed by atoms with van der Waals surface area (Å²) in [5.74, 6) is -0.0434. The molecule has 0 radical (unpaired) electrons. The molecule has 0 fully saturated rings. The van der Waals surface area contributed by atoms with Crippen LogP contribution in [0.5, 0.6) is 0 Å². The summed E-state index contributed by atoms with van der Waals surface area (Å²) in [6.45, 7) is 6.18. The van der Waals surface area contributed by atoms with Gasteiger partial charge < -0.3 is 0 Å². The minimum Gasteiger partial charge on any atom is -0.279 e. The monoisotopic (exact) mass is 395 g/mol. The molecule has 1 aliphatic rings. The van der Waals surface area contributed by atoms with Crippen molar-refractivity contribution in [3.8, 4) is 10.6 Å². The van der Waals surface area contributed by atoms with Gasteiger partial charge in [0.25, 0.3) is 5.91 Å². The Kier molecular flexibility index (Phi) is 5.18. The molecule has 1 aliphatic carbocycles. The lowest BCUT2D eigenvalue weighted by Gasteiger charge is -2.17. The van der Waals surface area contributed by atoms with Crippen molar-refractivity contribution in [2.75, 3.05) is 11.4 Å². The number of amides is 1. The fraction of sp³-hybridized carbons (Fsp3) is 0.286. The number of carbonyl (C=O) groups excluding carboxylic acids is 1. The van der Waals surface area contributed by atoms with Crippen molar-refractivity contribution < 1.29 is 4.79 Å². The van der Waals surface area contributed by atoms with Gasteiger partial charge in [0.1, 0.15) is 9.88 Å². The number of rotatable bonds is 5. The molecule has 0 saturated carbocycles. The molecule has 0 atom stereocenters. The second kappa shape index (κ2) is 7.74. The van der Waals surface area contributed by atoms with E-state index in [0.29, 0.717) is 11.4 Å². The van der Waals surface area contributed by atoms with Crippen LogP contribution in [0.3, 0.4) is 0 Å². The van der Waals surface area contributed by atoms with Crippen LogP contribution in [0.1, 0.15) is 38.8 Å². The van der Waals surface area contributed by atoms with E-state index < -0.39 is 0 Å². The SMILES string of the molecule is C=CCN(C(=O)c1sc(-c2ccccc2)nc1C)c1nc2c(s1)CCCC2. The molecule has 4 rings (SSSR count). The van der Waals surface area contributed by atoms with Gasteiger partial charge in [-0.15, -0.1) is 29.3 Å². The van der Waals surface area contributed by atoms with E-state index in [1.807, 2.05) is 37.3 Å². The average molecular weight is 396 g/mol. The molecule has 0 spiro atoms. The number of nitrogens with zero attached hydrogens (tertiary/aromatic N) is 3. The smallest absolute Gasteiger partial charge is 0.272 e. The number of thiazole rings is 2. The van der Waals surface area contributed by atoms with Crippen LogP contribution in [-0.4, -0.2) is 22.4 Å². The van der Waals surface area contributed by atoms with Gasteiger partial charge in [0.15, 0.2) is 5.13 Å². The van der Waals surface area contributed by atoms with Crippen LogP contribution in [-0.2, 0) is 12.8 Å². The van der Waals surface area contributed by atoms with E-state index in [4.69, 9.17) is 4.98 Å². The van der Waals surface area contributed by atoms with Crippen molar-refractivity contribution in [1.82, 2.24) is 9.97 Å². The standard InChI is InChI=1S/C21H21N3OS2/c1-3-13-24(21-23-16-11-7-8-12-17(16)26-21)20(25)18-14(2)22-19(27-18)15-9-5-4-6-10-15/h3-6,9-10H,1,7-8,11-13H2,2H3. The Balaban J connectivity index is 1.67. The molecule has 0 bridgehead atoms. The normalized spacial score (nSPS) is 13.2. The predicted molar refractivity (Wildman–Crippen MR) is 113 cm³/mol. The Labute approximate surface area is 167 Å². The van der Waals surface area contributed by atoms with Crippen LogP contribution in [0.25, 0.3) is 10.6 Å². The van der Waals surface area contributed by atoms with E-state index in [2.05, 4.69) is 11.6 Å². The van der Waals surface area contributed by atoms with Gasteiger partial charge in [-0.2, -0.15) is 0 Å². The van der Waals surface area contributed by atoms with E-state index in [-0.39, 0.29) is 5.91 Å². The van der Waals surface area contributed by atoms with Crippen molar-refractivity contribution in [1.29, 1.82) is 0 Å². The maximum absolute atomic E-state index is 13.3. The number of benzene rings is 1. The number of hydrogen-bond acceptors (Lipinski definition) is 5. The van der Waals surface area contributed by atoms with E-state index in [9.17, 15) is 4.79 Å². The number of fused-ring (bicyclic) bond motifs is 1. The Morgan fingerprint density at radius 1 is 1.19 bits per heavy atom. The molecular formula is C21H21N3OS2. The molecule has 1 aromatic carbocycles. The van der Waals surface area contributed by atoms with Crippen LogP contribution >= 0.6 is 22.7 Å². The maximum atomic E-state index is 13.3. The maximum Gasteiger partial charge on any atom is 0.272 e. The molecule has 2 heterocycles. The highest BCUT2D eigenvalue weighted by molar-refractivity contribution is 7.18. The highest BCUT2D eigenvalue weighted by atomic mass is 32.1. The second-order valence-corrected chi connectivity index (χ2v) is 8.64. The summed E-state index contributed by atoms with van der Waals surface area (Å²) >= 11 is 3.09. The number of carbonyl (C=O) groups is 1. The summed E-state index contributed by atoms with van der Waals surface area (Å²) in [7, 11) is 0. The summed E-state index contributed by atoms with van der Waals surface area (Å²) in [4.78, 5) is 26.5. The van der Waals surface area contributed by atoms with Crippen molar-refractivity contribution >= 4 is 33.7 Å². The number of aryl methyl sites for hydroxylation is 3. The zero-order valence-electron chi connectivity index (χ0n) is 15.3. The van der Waals surface area contributed by atoms with Gasteiger partial charge in [-0.3, -0.25) is 9.69 Å². The van der Waals surface area contributed by atoms with E-state index in [1.165, 1.54) is 29.1 Å². The van der Waals surface area contributed by atoms with Crippen molar-refractivity contribution in [2.24, 2.45) is 0 Å². The van der Waals surface area contributed by atoms with Crippen LogP contribution in [0.15, 0.2) is 43.0 Å². The molecule has 6 heteroatoms. The molecule has 1 amide bonds. The van der Waals surface area contributed by atoms with Crippen LogP contribution in [0, 0.1) is 6.92 Å². The van der Waals surface area contributed by atoms with E-state index >= 15 is 0 Å². The molecular weight excluding hydrogens is 374 g/mol. The van der Waals surface area contributed by atoms with Crippen molar-refractivity contribution in [3.05, 3.63) is 64.1 Å². The molecule has 0 saturated heterocycles. The Hall–Kier alpha value is -2.31. The lowest BCUT2D eigenvalue weighted by atomic mass is 10.0. The summed E-state index contributed by atoms with van der Waals surface area (Å²) in [6, 6.07) is 9.98. The molecule has 27 heavy (non-hydrogen) atoms. The van der Waals surface area contributed by atoms with Crippen LogP contribution in [0.2, 0.25) is 0 Å². The summed E-state index contributed by atoms with van der Waals surface area (Å²) in [6.07, 6.45) is 6.23. The quantitative estimate of drug-likeness (QED) is 0.552. The third kappa shape index (κ3) is 3.59. The fourth-order valence-electron chi connectivity index (χ4n) is 3.25. The zero-order valence-corrected chi connectivity index (χ0v) is 16.9. The molecule has 0 N–H and O–H groups in total. The average Bonchev–Trinajstić information content (AvgIpc) is 3.29. The van der Waals surface area contributed by atoms with Crippen LogP contribution < -0.4 is 4.90 Å². The van der Waals surface area contributed by atoms with Crippen LogP contribution in [0.4, 0.5) is 5.13 Å². The Morgan fingerprint density at radius 2 is 1.96 bits per heavy atom. The molecule has 138 valence electrons. The first-order valence-corrected chi connectivity index (χ1v) is 10.7. The van der Waals surface area contributed by atoms with Gasteiger partial charge in [0.05, 0.1) is 11.4 Å². The van der Waals surface area contributed by atoms with Crippen molar-refractivity contribution in [3.63, 3.8) is 0 Å². The fourth-order valence-corrected chi connectivity index (χ4v) is 5.43. The number of anilines is 1. The molecule has 0 unspecified atom stereocenters. The molecule has 4 nitrogen and oxygen atoms in total. The number of hydrogen-bond donors (Lipinski definition) is 0. The third-order valence-electron chi connectivity index (χ3n) is 4.63. The summed E-state index contributed by atoms with van der Waals surface area (Å²) < 4.78 is 0. The third-order valence-corrected chi connectivity index (χ3v) is 7.01. The first kappa shape index (κ1) is 18.1. The highest BCUT2D eigenvalue weighted by Gasteiger charge is 2.26. The van der Waals surface area contributed by atoms with Gasteiger partial charge in [-0.25, -0.2) is 9.97 Å². The minimum absolute atomic E-state index is 0.0434. The van der Waals surface area contributed by atoms with Crippen molar-refractivity contribution in [2.45, 2.75) is 32.6 Å². The van der Waals surface area contributed by atoms with E-state index in [0.717, 1.165) is 39.9 Å². The van der Waals surface area contributed by atoms with Gasteiger partial charge in [0.2, 0.25) is 0 Å². The minimum atomic E-state index is -0.0434. The summed E-state index contributed by atoms with van der Waals surface area (Å²) in [5, 5.41) is 1.65. The molecule has 2 aromatic heterocycles. The zero-order chi connectivity index (χ0) is 18.8. The largest absolute Gasteiger partial charge is 0.279 e. The highest BCUT2D eigenvalue weighted by Crippen LogP contribution is 2.34. The predicted octanol–water partition coefficient (Wildman–Crippen LogP) is 5.29. The molecule has 0 aliphatic heterocycles. The van der Waals surface area contributed by atoms with Gasteiger partial charge in [-0.1, -0.05) is 36.4 Å². The number of aromatic nitrogens is 2. The molecule has 3 aromatic rings. The van der Waals surface area contributed by atoms with E-state index in [1.54, 1.807) is 22.3 Å². The lowest BCUT2D eigenvalue weighted by molar-refractivity contribution is 0.0993. The van der Waals surface area contributed by atoms with Gasteiger partial charge in [0, 0.05) is 17.0 Å².